The van der Waals surface area contributed by atoms with Crippen LogP contribution in [0.2, 0.25) is 0 Å². The Morgan fingerprint density at radius 1 is 1.72 bits per heavy atom. The molecule has 1 aliphatic rings. The second-order valence-corrected chi connectivity index (χ2v) is 4.63. The summed E-state index contributed by atoms with van der Waals surface area (Å²) in [6.45, 7) is 2.45. The first-order chi connectivity index (χ1) is 8.60. The van der Waals surface area contributed by atoms with Gasteiger partial charge in [-0.1, -0.05) is 6.92 Å². The molecule has 96 valence electrons. The summed E-state index contributed by atoms with van der Waals surface area (Å²) in [6, 6.07) is 4.83. The number of hydrogen-bond acceptors (Lipinski definition) is 4. The van der Waals surface area contributed by atoms with Crippen molar-refractivity contribution in [2.45, 2.75) is 44.4 Å². The molecule has 5 heteroatoms. The van der Waals surface area contributed by atoms with Crippen molar-refractivity contribution >= 4 is 5.78 Å². The average molecular weight is 247 g/mol. The van der Waals surface area contributed by atoms with Gasteiger partial charge in [0.1, 0.15) is 0 Å². The van der Waals surface area contributed by atoms with E-state index in [2.05, 4.69) is 6.07 Å². The fourth-order valence-electron chi connectivity index (χ4n) is 2.39. The number of nitriles is 1. The molecule has 3 atom stereocenters. The highest BCUT2D eigenvalue weighted by molar-refractivity contribution is 5.99. The summed E-state index contributed by atoms with van der Waals surface area (Å²) in [5, 5.41) is 18.6. The van der Waals surface area contributed by atoms with Crippen LogP contribution in [0.1, 0.15) is 41.9 Å². The standard InChI is InChI=1S/C13H17N3O2/c1-2-11(17)12(15)13(18)10-4-3-9-8(7-14)5-6-16(9)10/h3-4,8,11-12,17H,2,5-6,15H2,1H3/t8?,11-,12+/m1/s1. The fraction of sp³-hybridized carbons (Fsp3) is 0.538. The molecule has 0 bridgehead atoms. The van der Waals surface area contributed by atoms with E-state index >= 15 is 0 Å². The molecule has 2 rings (SSSR count). The Morgan fingerprint density at radius 3 is 3.06 bits per heavy atom. The normalized spacial score (nSPS) is 21.1. The number of nitrogens with two attached hydrogens (primary N) is 1. The Bertz CT molecular complexity index is 501. The van der Waals surface area contributed by atoms with E-state index in [-0.39, 0.29) is 11.7 Å². The van der Waals surface area contributed by atoms with E-state index in [0.29, 0.717) is 18.7 Å². The van der Waals surface area contributed by atoms with Crippen molar-refractivity contribution in [3.8, 4) is 6.07 Å². The van der Waals surface area contributed by atoms with Crippen LogP contribution in [0.15, 0.2) is 12.1 Å². The number of aliphatic hydroxyl groups is 1. The smallest absolute Gasteiger partial charge is 0.198 e. The quantitative estimate of drug-likeness (QED) is 0.769. The molecule has 5 nitrogen and oxygen atoms in total. The number of aliphatic hydroxyl groups excluding tert-OH is 1. The first-order valence-electron chi connectivity index (χ1n) is 6.17. The highest BCUT2D eigenvalue weighted by atomic mass is 16.3. The van der Waals surface area contributed by atoms with E-state index in [4.69, 9.17) is 11.0 Å². The third-order valence-corrected chi connectivity index (χ3v) is 3.56. The van der Waals surface area contributed by atoms with Crippen LogP contribution in [-0.2, 0) is 6.54 Å². The van der Waals surface area contributed by atoms with Gasteiger partial charge >= 0.3 is 0 Å². The largest absolute Gasteiger partial charge is 0.391 e. The molecule has 1 aromatic heterocycles. The third-order valence-electron chi connectivity index (χ3n) is 3.56. The topological polar surface area (TPSA) is 92.0 Å². The molecule has 0 amide bonds. The number of Topliss-reactive ketones (excluding diaryl/α,β-unsaturated/α-hetero) is 1. The van der Waals surface area contributed by atoms with Crippen molar-refractivity contribution in [1.29, 1.82) is 5.26 Å². The second kappa shape index (κ2) is 4.92. The molecular formula is C13H17N3O2. The Labute approximate surface area is 106 Å². The van der Waals surface area contributed by atoms with Gasteiger partial charge in [-0.15, -0.1) is 0 Å². The number of carbonyl (C=O) groups excluding carboxylic acids is 1. The van der Waals surface area contributed by atoms with Crippen LogP contribution in [-0.4, -0.2) is 27.6 Å². The molecule has 1 unspecified atom stereocenters. The minimum absolute atomic E-state index is 0.140. The predicted octanol–water partition coefficient (Wildman–Crippen LogP) is 0.780. The van der Waals surface area contributed by atoms with Crippen molar-refractivity contribution < 1.29 is 9.90 Å². The Balaban J connectivity index is 2.26. The van der Waals surface area contributed by atoms with Crippen molar-refractivity contribution in [2.75, 3.05) is 0 Å². The van der Waals surface area contributed by atoms with Crippen LogP contribution in [0.4, 0.5) is 0 Å². The highest BCUT2D eigenvalue weighted by Gasteiger charge is 2.30. The van der Waals surface area contributed by atoms with E-state index in [9.17, 15) is 9.90 Å². The van der Waals surface area contributed by atoms with E-state index in [1.165, 1.54) is 0 Å². The maximum atomic E-state index is 12.2. The van der Waals surface area contributed by atoms with Gasteiger partial charge in [-0.05, 0) is 25.0 Å². The van der Waals surface area contributed by atoms with Gasteiger partial charge in [0.2, 0.25) is 0 Å². The van der Waals surface area contributed by atoms with E-state index in [1.807, 2.05) is 4.57 Å². The molecule has 0 spiro atoms. The van der Waals surface area contributed by atoms with Gasteiger partial charge in [0.15, 0.2) is 5.78 Å². The average Bonchev–Trinajstić information content (AvgIpc) is 2.96. The summed E-state index contributed by atoms with van der Waals surface area (Å²) in [5.41, 5.74) is 7.12. The fourth-order valence-corrected chi connectivity index (χ4v) is 2.39. The number of rotatable bonds is 4. The molecule has 0 saturated heterocycles. The maximum absolute atomic E-state index is 12.2. The first-order valence-corrected chi connectivity index (χ1v) is 6.17. The molecule has 18 heavy (non-hydrogen) atoms. The van der Waals surface area contributed by atoms with Crippen LogP contribution in [0, 0.1) is 11.3 Å². The summed E-state index contributed by atoms with van der Waals surface area (Å²) in [5.74, 6) is -0.395. The van der Waals surface area contributed by atoms with Crippen molar-refractivity contribution in [2.24, 2.45) is 5.73 Å². The van der Waals surface area contributed by atoms with Gasteiger partial charge in [0.05, 0.1) is 29.8 Å². The van der Waals surface area contributed by atoms with Gasteiger partial charge in [0.25, 0.3) is 0 Å². The third kappa shape index (κ3) is 1.94. The lowest BCUT2D eigenvalue weighted by atomic mass is 10.0. The van der Waals surface area contributed by atoms with Crippen molar-refractivity contribution in [3.63, 3.8) is 0 Å². The van der Waals surface area contributed by atoms with Crippen LogP contribution >= 0.6 is 0 Å². The zero-order valence-corrected chi connectivity index (χ0v) is 10.3. The number of hydrogen-bond donors (Lipinski definition) is 2. The summed E-state index contributed by atoms with van der Waals surface area (Å²) in [4.78, 5) is 12.2. The monoisotopic (exact) mass is 247 g/mol. The molecule has 1 aromatic rings. The summed E-state index contributed by atoms with van der Waals surface area (Å²) >= 11 is 0. The molecule has 0 fully saturated rings. The van der Waals surface area contributed by atoms with Gasteiger partial charge in [-0.25, -0.2) is 0 Å². The zero-order valence-electron chi connectivity index (χ0n) is 10.3. The number of nitrogens with zero attached hydrogens (tertiary/aromatic N) is 2. The van der Waals surface area contributed by atoms with Crippen molar-refractivity contribution in [1.82, 2.24) is 4.57 Å². The second-order valence-electron chi connectivity index (χ2n) is 4.63. The van der Waals surface area contributed by atoms with Crippen LogP contribution in [0.5, 0.6) is 0 Å². The lowest BCUT2D eigenvalue weighted by molar-refractivity contribution is 0.0802. The molecular weight excluding hydrogens is 230 g/mol. The summed E-state index contributed by atoms with van der Waals surface area (Å²) in [7, 11) is 0. The number of carbonyl (C=O) groups is 1. The van der Waals surface area contributed by atoms with Gasteiger partial charge in [0, 0.05) is 12.2 Å². The summed E-state index contributed by atoms with van der Waals surface area (Å²) in [6.07, 6.45) is 0.358. The Morgan fingerprint density at radius 2 is 2.44 bits per heavy atom. The predicted molar refractivity (Wildman–Crippen MR) is 66.0 cm³/mol. The molecule has 3 N–H and O–H groups in total. The number of fused-ring (bicyclic) bond motifs is 1. The Hall–Kier alpha value is -1.64. The van der Waals surface area contributed by atoms with Gasteiger partial charge in [-0.2, -0.15) is 5.26 Å². The van der Waals surface area contributed by atoms with E-state index in [1.54, 1.807) is 19.1 Å². The maximum Gasteiger partial charge on any atom is 0.198 e. The van der Waals surface area contributed by atoms with E-state index in [0.717, 1.165) is 12.1 Å². The van der Waals surface area contributed by atoms with Crippen LogP contribution < -0.4 is 5.73 Å². The lowest BCUT2D eigenvalue weighted by Crippen LogP contribution is -2.42. The zero-order chi connectivity index (χ0) is 13.3. The van der Waals surface area contributed by atoms with Crippen LogP contribution in [0.25, 0.3) is 0 Å². The summed E-state index contributed by atoms with van der Waals surface area (Å²) < 4.78 is 1.85. The van der Waals surface area contributed by atoms with E-state index < -0.39 is 12.1 Å². The van der Waals surface area contributed by atoms with Gasteiger partial charge < -0.3 is 15.4 Å². The lowest BCUT2D eigenvalue weighted by Gasteiger charge is -2.16. The minimum atomic E-state index is -0.893. The number of aromatic nitrogens is 1. The molecule has 0 aliphatic carbocycles. The van der Waals surface area contributed by atoms with Crippen LogP contribution in [0.3, 0.4) is 0 Å². The number of ketones is 1. The molecule has 0 radical (unpaired) electrons. The highest BCUT2D eigenvalue weighted by Crippen LogP contribution is 2.30. The first kappa shape index (κ1) is 12.8. The SMILES string of the molecule is CC[C@@H](O)[C@H](N)C(=O)c1ccc2n1CCC2C#N. The van der Waals surface area contributed by atoms with Gasteiger partial charge in [-0.3, -0.25) is 4.79 Å². The minimum Gasteiger partial charge on any atom is -0.391 e. The molecule has 2 heterocycles. The Kier molecular flexibility index (Phi) is 3.50. The van der Waals surface area contributed by atoms with Crippen molar-refractivity contribution in [3.05, 3.63) is 23.5 Å². The molecule has 0 aromatic carbocycles. The molecule has 1 aliphatic heterocycles. The molecule has 0 saturated carbocycles.